The van der Waals surface area contributed by atoms with E-state index in [1.54, 1.807) is 41.2 Å². The first kappa shape index (κ1) is 22.6. The second-order valence-electron chi connectivity index (χ2n) is 8.86. The minimum atomic E-state index is -0.0380. The van der Waals surface area contributed by atoms with Crippen molar-refractivity contribution < 1.29 is 4.79 Å². The van der Waals surface area contributed by atoms with E-state index in [1.807, 2.05) is 24.3 Å². The lowest BCUT2D eigenvalue weighted by atomic mass is 10.0. The molecule has 0 saturated carbocycles. The third kappa shape index (κ3) is 4.88. The predicted molar refractivity (Wildman–Crippen MR) is 137 cm³/mol. The van der Waals surface area contributed by atoms with E-state index in [9.17, 15) is 9.59 Å². The molecule has 0 atom stereocenters. The molecule has 0 amide bonds. The maximum Gasteiger partial charge on any atom is 0.255 e. The average Bonchev–Trinajstić information content (AvgIpc) is 3.33. The number of rotatable bonds is 7. The molecular formula is C28H27N5O2. The monoisotopic (exact) mass is 465 g/mol. The van der Waals surface area contributed by atoms with Crippen LogP contribution >= 0.6 is 0 Å². The Morgan fingerprint density at radius 3 is 2.49 bits per heavy atom. The van der Waals surface area contributed by atoms with Crippen LogP contribution in [0.4, 0.5) is 5.69 Å². The molecule has 1 saturated heterocycles. The molecule has 2 aromatic carbocycles. The first-order valence-corrected chi connectivity index (χ1v) is 11.9. The number of Topliss-reactive ketones (excluding diaryl/α,β-unsaturated/α-hetero) is 1. The Morgan fingerprint density at radius 1 is 0.971 bits per heavy atom. The number of piperazine rings is 1. The van der Waals surface area contributed by atoms with Crippen LogP contribution < -0.4 is 10.5 Å². The van der Waals surface area contributed by atoms with E-state index >= 15 is 0 Å². The number of hydrogen-bond acceptors (Lipinski definition) is 5. The third-order valence-electron chi connectivity index (χ3n) is 6.68. The van der Waals surface area contributed by atoms with Gasteiger partial charge >= 0.3 is 0 Å². The lowest BCUT2D eigenvalue weighted by molar-refractivity contribution is 0.0976. The van der Waals surface area contributed by atoms with Crippen LogP contribution in [0, 0.1) is 11.3 Å². The van der Waals surface area contributed by atoms with Gasteiger partial charge in [-0.2, -0.15) is 5.26 Å². The SMILES string of the molecule is N#Cc1ccc2[nH]cc(C(=O)CCCN3CCN(c4ccc(-n5ccccc5=O)cc4)CC3)c2c1. The molecule has 7 heteroatoms. The highest BCUT2D eigenvalue weighted by atomic mass is 16.1. The number of fused-ring (bicyclic) bond motifs is 1. The summed E-state index contributed by atoms with van der Waals surface area (Å²) in [6.07, 6.45) is 4.84. The van der Waals surface area contributed by atoms with Gasteiger partial charge in [-0.3, -0.25) is 19.1 Å². The predicted octanol–water partition coefficient (Wildman–Crippen LogP) is 3.98. The van der Waals surface area contributed by atoms with Crippen molar-refractivity contribution in [2.75, 3.05) is 37.6 Å². The minimum Gasteiger partial charge on any atom is -0.369 e. The summed E-state index contributed by atoms with van der Waals surface area (Å²) < 4.78 is 1.64. The molecule has 0 bridgehead atoms. The lowest BCUT2D eigenvalue weighted by Crippen LogP contribution is -2.46. The molecule has 0 spiro atoms. The summed E-state index contributed by atoms with van der Waals surface area (Å²) in [6.45, 7) is 4.65. The quantitative estimate of drug-likeness (QED) is 0.418. The maximum absolute atomic E-state index is 12.8. The normalized spacial score (nSPS) is 14.2. The Labute approximate surface area is 203 Å². The number of benzene rings is 2. The third-order valence-corrected chi connectivity index (χ3v) is 6.68. The molecule has 0 unspecified atom stereocenters. The molecule has 7 nitrogen and oxygen atoms in total. The molecule has 1 N–H and O–H groups in total. The second kappa shape index (κ2) is 10.00. The van der Waals surface area contributed by atoms with Gasteiger partial charge < -0.3 is 9.88 Å². The van der Waals surface area contributed by atoms with E-state index in [1.165, 1.54) is 0 Å². The zero-order valence-corrected chi connectivity index (χ0v) is 19.5. The fraction of sp³-hybridized carbons (Fsp3) is 0.250. The number of nitrogens with zero attached hydrogens (tertiary/aromatic N) is 4. The fourth-order valence-electron chi connectivity index (χ4n) is 4.71. The number of aromatic amines is 1. The van der Waals surface area contributed by atoms with E-state index in [4.69, 9.17) is 5.26 Å². The molecule has 1 fully saturated rings. The van der Waals surface area contributed by atoms with Crippen molar-refractivity contribution in [3.05, 3.63) is 94.5 Å². The molecule has 35 heavy (non-hydrogen) atoms. The lowest BCUT2D eigenvalue weighted by Gasteiger charge is -2.36. The zero-order chi connectivity index (χ0) is 24.2. The van der Waals surface area contributed by atoms with Crippen molar-refractivity contribution in [2.45, 2.75) is 12.8 Å². The fourth-order valence-corrected chi connectivity index (χ4v) is 4.71. The van der Waals surface area contributed by atoms with Gasteiger partial charge in [-0.25, -0.2) is 0 Å². The van der Waals surface area contributed by atoms with Gasteiger partial charge in [0.1, 0.15) is 0 Å². The van der Waals surface area contributed by atoms with Gasteiger partial charge in [0, 0.05) is 78.9 Å². The molecule has 5 rings (SSSR count). The van der Waals surface area contributed by atoms with Crippen molar-refractivity contribution in [1.82, 2.24) is 14.5 Å². The summed E-state index contributed by atoms with van der Waals surface area (Å²) in [5.74, 6) is 0.114. The van der Waals surface area contributed by atoms with Crippen LogP contribution in [0.2, 0.25) is 0 Å². The number of pyridine rings is 1. The number of anilines is 1. The number of nitrogens with one attached hydrogen (secondary N) is 1. The highest BCUT2D eigenvalue weighted by molar-refractivity contribution is 6.08. The van der Waals surface area contributed by atoms with Crippen molar-refractivity contribution >= 4 is 22.4 Å². The van der Waals surface area contributed by atoms with E-state index in [0.717, 1.165) is 61.4 Å². The van der Waals surface area contributed by atoms with Gasteiger partial charge in [-0.1, -0.05) is 6.07 Å². The highest BCUT2D eigenvalue weighted by Crippen LogP contribution is 2.22. The van der Waals surface area contributed by atoms with Crippen LogP contribution in [0.25, 0.3) is 16.6 Å². The van der Waals surface area contributed by atoms with Gasteiger partial charge in [0.05, 0.1) is 11.6 Å². The topological polar surface area (TPSA) is 85.1 Å². The molecule has 176 valence electrons. The molecule has 0 aliphatic carbocycles. The standard InChI is InChI=1S/C28H27N5O2/c29-19-21-6-11-26-24(18-21)25(20-30-26)27(34)4-3-12-31-14-16-32(17-15-31)22-7-9-23(10-8-22)33-13-2-1-5-28(33)35/h1-2,5-11,13,18,20,30H,3-4,12,14-17H2. The number of carbonyl (C=O) groups excluding carboxylic acids is 1. The summed E-state index contributed by atoms with van der Waals surface area (Å²) >= 11 is 0. The van der Waals surface area contributed by atoms with Gasteiger partial charge in [0.2, 0.25) is 0 Å². The van der Waals surface area contributed by atoms with Crippen molar-refractivity contribution in [3.63, 3.8) is 0 Å². The largest absolute Gasteiger partial charge is 0.369 e. The van der Waals surface area contributed by atoms with E-state index < -0.39 is 0 Å². The van der Waals surface area contributed by atoms with E-state index in [2.05, 4.69) is 33.0 Å². The minimum absolute atomic E-state index is 0.0380. The van der Waals surface area contributed by atoms with Crippen molar-refractivity contribution in [3.8, 4) is 11.8 Å². The molecule has 4 aromatic rings. The molecule has 1 aliphatic heterocycles. The van der Waals surface area contributed by atoms with Crippen LogP contribution in [-0.2, 0) is 0 Å². The first-order chi connectivity index (χ1) is 17.1. The van der Waals surface area contributed by atoms with Crippen LogP contribution in [-0.4, -0.2) is 53.0 Å². The molecule has 3 heterocycles. The summed E-state index contributed by atoms with van der Waals surface area (Å²) in [4.78, 5) is 32.7. The Balaban J connectivity index is 1.11. The number of hydrogen-bond donors (Lipinski definition) is 1. The number of ketones is 1. The van der Waals surface area contributed by atoms with Crippen LogP contribution in [0.5, 0.6) is 0 Å². The van der Waals surface area contributed by atoms with Crippen molar-refractivity contribution in [2.24, 2.45) is 0 Å². The Bertz CT molecular complexity index is 1440. The summed E-state index contributed by atoms with van der Waals surface area (Å²) in [7, 11) is 0. The van der Waals surface area contributed by atoms with Crippen LogP contribution in [0.15, 0.2) is 77.9 Å². The summed E-state index contributed by atoms with van der Waals surface area (Å²) in [6, 6.07) is 20.8. The Morgan fingerprint density at radius 2 is 1.74 bits per heavy atom. The maximum atomic E-state index is 12.8. The number of nitriles is 1. The highest BCUT2D eigenvalue weighted by Gasteiger charge is 2.18. The number of aromatic nitrogens is 2. The molecule has 2 aromatic heterocycles. The average molecular weight is 466 g/mol. The molecule has 0 radical (unpaired) electrons. The second-order valence-corrected chi connectivity index (χ2v) is 8.86. The summed E-state index contributed by atoms with van der Waals surface area (Å²) in [5, 5.41) is 9.97. The molecule has 1 aliphatic rings. The Hall–Kier alpha value is -4.15. The van der Waals surface area contributed by atoms with E-state index in [-0.39, 0.29) is 11.3 Å². The first-order valence-electron chi connectivity index (χ1n) is 11.9. The number of carbonyl (C=O) groups is 1. The van der Waals surface area contributed by atoms with E-state index in [0.29, 0.717) is 17.5 Å². The van der Waals surface area contributed by atoms with Crippen LogP contribution in [0.3, 0.4) is 0 Å². The summed E-state index contributed by atoms with van der Waals surface area (Å²) in [5.41, 5.74) is 4.09. The Kier molecular flexibility index (Phi) is 6.47. The van der Waals surface area contributed by atoms with Crippen molar-refractivity contribution in [1.29, 1.82) is 5.26 Å². The van der Waals surface area contributed by atoms with Gasteiger partial charge in [0.15, 0.2) is 5.78 Å². The van der Waals surface area contributed by atoms with Crippen LogP contribution in [0.1, 0.15) is 28.8 Å². The van der Waals surface area contributed by atoms with Gasteiger partial charge in [-0.05, 0) is 61.5 Å². The van der Waals surface area contributed by atoms with Gasteiger partial charge in [0.25, 0.3) is 5.56 Å². The molecular weight excluding hydrogens is 438 g/mol. The smallest absolute Gasteiger partial charge is 0.255 e. The number of H-pyrrole nitrogens is 1. The van der Waals surface area contributed by atoms with Gasteiger partial charge in [-0.15, -0.1) is 0 Å². The zero-order valence-electron chi connectivity index (χ0n) is 19.5.